The molecule has 1 aliphatic heterocycles. The van der Waals surface area contributed by atoms with E-state index in [1.165, 1.54) is 46.0 Å². The van der Waals surface area contributed by atoms with Gasteiger partial charge in [-0.25, -0.2) is 0 Å². The van der Waals surface area contributed by atoms with Crippen LogP contribution in [-0.4, -0.2) is 37.4 Å². The molecule has 2 fully saturated rings. The average molecular weight is 543 g/mol. The number of esters is 2. The molecule has 0 aromatic heterocycles. The third-order valence-electron chi connectivity index (χ3n) is 7.57. The molecule has 206 valence electrons. The van der Waals surface area contributed by atoms with Gasteiger partial charge in [-0.1, -0.05) is 62.1 Å². The number of carbonyl (C=O) groups excluding carboxylic acids is 2. The van der Waals surface area contributed by atoms with Crippen LogP contribution in [0.3, 0.4) is 0 Å². The predicted octanol–water partition coefficient (Wildman–Crippen LogP) is 6.99. The van der Waals surface area contributed by atoms with Crippen molar-refractivity contribution < 1.29 is 28.5 Å². The summed E-state index contributed by atoms with van der Waals surface area (Å²) in [6, 6.07) is 14.1. The highest BCUT2D eigenvalue weighted by Gasteiger charge is 2.33. The number of hydrogen-bond donors (Lipinski definition) is 0. The first-order chi connectivity index (χ1) is 18.2. The summed E-state index contributed by atoms with van der Waals surface area (Å²) in [6.07, 6.45) is 7.10. The Bertz CT molecular complexity index is 1090. The van der Waals surface area contributed by atoms with Crippen LogP contribution in [0.1, 0.15) is 88.5 Å². The van der Waals surface area contributed by atoms with E-state index in [1.54, 1.807) is 0 Å². The van der Waals surface area contributed by atoms with Crippen molar-refractivity contribution in [2.75, 3.05) is 13.2 Å². The van der Waals surface area contributed by atoms with Gasteiger partial charge in [0.1, 0.15) is 18.5 Å². The van der Waals surface area contributed by atoms with Crippen molar-refractivity contribution in [2.45, 2.75) is 90.4 Å². The van der Waals surface area contributed by atoms with Crippen LogP contribution < -0.4 is 4.74 Å². The first-order valence-electron chi connectivity index (χ1n) is 13.7. The van der Waals surface area contributed by atoms with Crippen molar-refractivity contribution in [1.29, 1.82) is 0 Å². The van der Waals surface area contributed by atoms with Gasteiger partial charge in [-0.2, -0.15) is 0 Å². The van der Waals surface area contributed by atoms with Crippen LogP contribution in [0.5, 0.6) is 5.75 Å². The molecule has 1 heterocycles. The molecule has 4 rings (SSSR count). The highest BCUT2D eigenvalue weighted by Crippen LogP contribution is 2.37. The van der Waals surface area contributed by atoms with Crippen molar-refractivity contribution in [1.82, 2.24) is 0 Å². The van der Waals surface area contributed by atoms with Crippen molar-refractivity contribution in [3.8, 4) is 5.75 Å². The first kappa shape index (κ1) is 28.4. The summed E-state index contributed by atoms with van der Waals surface area (Å²) in [6.45, 7) is 5.98. The van der Waals surface area contributed by atoms with Gasteiger partial charge in [-0.05, 0) is 54.2 Å². The number of hydrogen-bond acceptors (Lipinski definition) is 6. The van der Waals surface area contributed by atoms with Gasteiger partial charge < -0.3 is 18.9 Å². The molecule has 2 aromatic carbocycles. The van der Waals surface area contributed by atoms with Gasteiger partial charge in [-0.15, -0.1) is 0 Å². The SMILES string of the molecule is CC(=O)OCC1CC(OC(C)=O)CC(c2ccc(Cl)c(Cc3ccc(OCC4(C)CCCCC4)cc3)c2)O1. The minimum Gasteiger partial charge on any atom is -0.493 e. The van der Waals surface area contributed by atoms with E-state index in [9.17, 15) is 9.59 Å². The van der Waals surface area contributed by atoms with Crippen molar-refractivity contribution in [3.05, 3.63) is 64.2 Å². The Labute approximate surface area is 230 Å². The Hall–Kier alpha value is -2.57. The fourth-order valence-corrected chi connectivity index (χ4v) is 5.68. The van der Waals surface area contributed by atoms with E-state index in [-0.39, 0.29) is 42.3 Å². The molecule has 2 aromatic rings. The highest BCUT2D eigenvalue weighted by atomic mass is 35.5. The quantitative estimate of drug-likeness (QED) is 0.318. The minimum atomic E-state index is -0.367. The maximum Gasteiger partial charge on any atom is 0.302 e. The fraction of sp³-hybridized carbons (Fsp3) is 0.548. The zero-order valence-electron chi connectivity index (χ0n) is 22.7. The minimum absolute atomic E-state index is 0.123. The van der Waals surface area contributed by atoms with Crippen LogP contribution in [0.15, 0.2) is 42.5 Å². The van der Waals surface area contributed by atoms with Gasteiger partial charge >= 0.3 is 11.9 Å². The Morgan fingerprint density at radius 2 is 1.74 bits per heavy atom. The smallest absolute Gasteiger partial charge is 0.302 e. The van der Waals surface area contributed by atoms with Crippen molar-refractivity contribution in [3.63, 3.8) is 0 Å². The molecule has 0 bridgehead atoms. The summed E-state index contributed by atoms with van der Waals surface area (Å²) in [5, 5.41) is 0.683. The molecule has 7 heteroatoms. The molecule has 3 unspecified atom stereocenters. The molecule has 2 aliphatic rings. The Balaban J connectivity index is 1.42. The summed E-state index contributed by atoms with van der Waals surface area (Å²) < 4.78 is 23.1. The van der Waals surface area contributed by atoms with Gasteiger partial charge in [0.2, 0.25) is 0 Å². The van der Waals surface area contributed by atoms with E-state index in [0.717, 1.165) is 29.0 Å². The van der Waals surface area contributed by atoms with E-state index < -0.39 is 0 Å². The lowest BCUT2D eigenvalue weighted by Crippen LogP contribution is -2.36. The van der Waals surface area contributed by atoms with E-state index in [1.807, 2.05) is 24.3 Å². The van der Waals surface area contributed by atoms with Gasteiger partial charge in [0, 0.05) is 37.1 Å². The molecule has 6 nitrogen and oxygen atoms in total. The van der Waals surface area contributed by atoms with Crippen molar-refractivity contribution >= 4 is 23.5 Å². The third-order valence-corrected chi connectivity index (χ3v) is 7.94. The van der Waals surface area contributed by atoms with Crippen LogP contribution in [-0.2, 0) is 30.2 Å². The summed E-state index contributed by atoms with van der Waals surface area (Å²) >= 11 is 6.59. The number of ether oxygens (including phenoxy) is 4. The van der Waals surface area contributed by atoms with Crippen LogP contribution in [0, 0.1) is 5.41 Å². The van der Waals surface area contributed by atoms with Crippen LogP contribution in [0.4, 0.5) is 0 Å². The fourth-order valence-electron chi connectivity index (χ4n) is 5.50. The van der Waals surface area contributed by atoms with Gasteiger partial charge in [0.15, 0.2) is 0 Å². The summed E-state index contributed by atoms with van der Waals surface area (Å²) in [7, 11) is 0. The van der Waals surface area contributed by atoms with Crippen molar-refractivity contribution in [2.24, 2.45) is 5.41 Å². The molecular formula is C31H39ClO6. The van der Waals surface area contributed by atoms with E-state index in [4.69, 9.17) is 30.5 Å². The lowest BCUT2D eigenvalue weighted by molar-refractivity contribution is -0.169. The molecule has 0 radical (unpaired) electrons. The van der Waals surface area contributed by atoms with Gasteiger partial charge in [0.05, 0.1) is 18.8 Å². The van der Waals surface area contributed by atoms with Gasteiger partial charge in [0.25, 0.3) is 0 Å². The maximum atomic E-state index is 11.6. The number of carbonyl (C=O) groups is 2. The summed E-state index contributed by atoms with van der Waals surface area (Å²) in [4.78, 5) is 22.9. The first-order valence-corrected chi connectivity index (χ1v) is 14.0. The summed E-state index contributed by atoms with van der Waals surface area (Å²) in [5.41, 5.74) is 3.35. The lowest BCUT2D eigenvalue weighted by atomic mass is 9.76. The predicted molar refractivity (Wildman–Crippen MR) is 146 cm³/mol. The number of benzene rings is 2. The number of halogens is 1. The molecular weight excluding hydrogens is 504 g/mol. The van der Waals surface area contributed by atoms with Gasteiger partial charge in [-0.3, -0.25) is 9.59 Å². The van der Waals surface area contributed by atoms with Crippen LogP contribution in [0.25, 0.3) is 0 Å². The molecule has 1 saturated carbocycles. The highest BCUT2D eigenvalue weighted by molar-refractivity contribution is 6.31. The molecule has 3 atom stereocenters. The second-order valence-electron chi connectivity index (χ2n) is 11.1. The van der Waals surface area contributed by atoms with E-state index >= 15 is 0 Å². The Morgan fingerprint density at radius 1 is 1.00 bits per heavy atom. The normalized spacial score (nSPS) is 22.9. The topological polar surface area (TPSA) is 71.1 Å². The number of rotatable bonds is 9. The second-order valence-corrected chi connectivity index (χ2v) is 11.5. The zero-order valence-corrected chi connectivity index (χ0v) is 23.4. The molecule has 0 spiro atoms. The Kier molecular flexibility index (Phi) is 9.72. The lowest BCUT2D eigenvalue weighted by Gasteiger charge is -2.35. The molecule has 0 amide bonds. The second kappa shape index (κ2) is 13.0. The largest absolute Gasteiger partial charge is 0.493 e. The van der Waals surface area contributed by atoms with E-state index in [2.05, 4.69) is 25.1 Å². The monoisotopic (exact) mass is 542 g/mol. The summed E-state index contributed by atoms with van der Waals surface area (Å²) in [5.74, 6) is 0.193. The maximum absolute atomic E-state index is 11.6. The van der Waals surface area contributed by atoms with E-state index in [0.29, 0.717) is 24.3 Å². The molecule has 0 N–H and O–H groups in total. The molecule has 1 saturated heterocycles. The Morgan fingerprint density at radius 3 is 2.42 bits per heavy atom. The van der Waals surface area contributed by atoms with Crippen LogP contribution in [0.2, 0.25) is 5.02 Å². The average Bonchev–Trinajstić information content (AvgIpc) is 2.88. The van der Waals surface area contributed by atoms with Crippen LogP contribution >= 0.6 is 11.6 Å². The molecule has 38 heavy (non-hydrogen) atoms. The molecule has 1 aliphatic carbocycles. The zero-order chi connectivity index (χ0) is 27.1. The standard InChI is InChI=1S/C31H39ClO6/c1-21(33)35-19-28-17-27(37-22(2)34)18-30(38-28)24-9-12-29(32)25(16-24)15-23-7-10-26(11-8-23)36-20-31(3)13-5-4-6-14-31/h7-12,16,27-28,30H,4-6,13-15,17-20H2,1-3H3. The third kappa shape index (κ3) is 8.21.